The Labute approximate surface area is 100 Å². The number of nitrogen functional groups attached to an aromatic ring is 2. The Morgan fingerprint density at radius 3 is 2.88 bits per heavy atom. The minimum Gasteiger partial charge on any atom is -0.466 e. The van der Waals surface area contributed by atoms with Crippen LogP contribution in [-0.4, -0.2) is 17.6 Å². The molecular formula is C12H17N3O2. The normalized spacial score (nSPS) is 10.7. The first-order valence-electron chi connectivity index (χ1n) is 5.39. The van der Waals surface area contributed by atoms with Crippen molar-refractivity contribution in [3.63, 3.8) is 0 Å². The van der Waals surface area contributed by atoms with E-state index in [1.54, 1.807) is 25.1 Å². The van der Waals surface area contributed by atoms with Gasteiger partial charge in [-0.3, -0.25) is 4.79 Å². The summed E-state index contributed by atoms with van der Waals surface area (Å²) in [6.07, 6.45) is 3.74. The highest BCUT2D eigenvalue weighted by atomic mass is 16.5. The second kappa shape index (κ2) is 5.89. The van der Waals surface area contributed by atoms with Crippen LogP contribution in [0.2, 0.25) is 0 Å². The first kappa shape index (κ1) is 13.0. The minimum absolute atomic E-state index is 0.234. The predicted molar refractivity (Wildman–Crippen MR) is 68.1 cm³/mol. The van der Waals surface area contributed by atoms with Crippen molar-refractivity contribution in [2.24, 2.45) is 0 Å². The quantitative estimate of drug-likeness (QED) is 0.772. The molecule has 1 aromatic heterocycles. The summed E-state index contributed by atoms with van der Waals surface area (Å²) in [6.45, 7) is 4.00. The van der Waals surface area contributed by atoms with Gasteiger partial charge in [0.25, 0.3) is 0 Å². The maximum absolute atomic E-state index is 11.1. The van der Waals surface area contributed by atoms with Crippen molar-refractivity contribution in [1.82, 2.24) is 4.98 Å². The zero-order chi connectivity index (χ0) is 12.8. The zero-order valence-electron chi connectivity index (χ0n) is 10.1. The fourth-order valence-electron chi connectivity index (χ4n) is 1.33. The molecule has 1 aromatic rings. The van der Waals surface area contributed by atoms with Crippen molar-refractivity contribution in [2.45, 2.75) is 20.3 Å². The van der Waals surface area contributed by atoms with Crippen LogP contribution in [0, 0.1) is 6.92 Å². The number of hydrogen-bond donors (Lipinski definition) is 2. The largest absolute Gasteiger partial charge is 0.466 e. The molecule has 4 N–H and O–H groups in total. The van der Waals surface area contributed by atoms with Crippen LogP contribution in [0.5, 0.6) is 0 Å². The molecule has 0 spiro atoms. The van der Waals surface area contributed by atoms with Crippen LogP contribution in [0.1, 0.15) is 24.6 Å². The molecule has 92 valence electrons. The summed E-state index contributed by atoms with van der Waals surface area (Å²) in [7, 11) is 0. The molecule has 0 aliphatic carbocycles. The number of carbonyl (C=O) groups is 1. The molecule has 0 radical (unpaired) electrons. The van der Waals surface area contributed by atoms with Gasteiger partial charge in [0.2, 0.25) is 0 Å². The third kappa shape index (κ3) is 3.79. The monoisotopic (exact) mass is 235 g/mol. The van der Waals surface area contributed by atoms with Gasteiger partial charge >= 0.3 is 5.97 Å². The molecular weight excluding hydrogens is 218 g/mol. The number of pyridine rings is 1. The van der Waals surface area contributed by atoms with Crippen LogP contribution in [-0.2, 0) is 9.53 Å². The molecule has 0 aliphatic rings. The lowest BCUT2D eigenvalue weighted by Gasteiger charge is -2.04. The first-order valence-corrected chi connectivity index (χ1v) is 5.39. The van der Waals surface area contributed by atoms with Gasteiger partial charge in [0.1, 0.15) is 5.82 Å². The minimum atomic E-state index is -0.252. The second-order valence-corrected chi connectivity index (χ2v) is 3.55. The van der Waals surface area contributed by atoms with Gasteiger partial charge in [-0.1, -0.05) is 12.2 Å². The van der Waals surface area contributed by atoms with Crippen LogP contribution in [0.3, 0.4) is 0 Å². The SMILES string of the molecule is CCOC(=O)CC=Cc1cc(N)c(N)nc1C. The zero-order valence-corrected chi connectivity index (χ0v) is 10.1. The molecule has 1 rings (SSSR count). The third-order valence-corrected chi connectivity index (χ3v) is 2.20. The van der Waals surface area contributed by atoms with E-state index in [2.05, 4.69) is 4.98 Å². The fourth-order valence-corrected chi connectivity index (χ4v) is 1.33. The van der Waals surface area contributed by atoms with Gasteiger partial charge < -0.3 is 16.2 Å². The first-order chi connectivity index (χ1) is 8.04. The van der Waals surface area contributed by atoms with Crippen LogP contribution in [0.25, 0.3) is 6.08 Å². The summed E-state index contributed by atoms with van der Waals surface area (Å²) in [5, 5.41) is 0. The number of nitrogens with zero attached hydrogens (tertiary/aromatic N) is 1. The van der Waals surface area contributed by atoms with Gasteiger partial charge in [0.05, 0.1) is 18.7 Å². The maximum Gasteiger partial charge on any atom is 0.309 e. The van der Waals surface area contributed by atoms with Gasteiger partial charge in [-0.2, -0.15) is 0 Å². The highest BCUT2D eigenvalue weighted by Crippen LogP contribution is 2.17. The Morgan fingerprint density at radius 1 is 1.53 bits per heavy atom. The molecule has 5 nitrogen and oxygen atoms in total. The highest BCUT2D eigenvalue weighted by molar-refractivity contribution is 5.73. The molecule has 5 heteroatoms. The number of ether oxygens (including phenoxy) is 1. The Bertz CT molecular complexity index is 442. The molecule has 0 amide bonds. The summed E-state index contributed by atoms with van der Waals surface area (Å²) in [5.74, 6) is 0.0721. The second-order valence-electron chi connectivity index (χ2n) is 3.55. The van der Waals surface area contributed by atoms with E-state index in [9.17, 15) is 4.79 Å². The standard InChI is InChI=1S/C12H17N3O2/c1-3-17-11(16)6-4-5-9-7-10(13)12(14)15-8(9)2/h4-5,7H,3,6,13H2,1-2H3,(H2,14,15). The van der Waals surface area contributed by atoms with Gasteiger partial charge in [0, 0.05) is 5.69 Å². The molecule has 1 heterocycles. The average Bonchev–Trinajstić information content (AvgIpc) is 2.26. The predicted octanol–water partition coefficient (Wildman–Crippen LogP) is 1.52. The van der Waals surface area contributed by atoms with Crippen LogP contribution >= 0.6 is 0 Å². The Balaban J connectivity index is 2.71. The average molecular weight is 235 g/mol. The van der Waals surface area contributed by atoms with Gasteiger partial charge in [-0.05, 0) is 25.5 Å². The van der Waals surface area contributed by atoms with Crippen molar-refractivity contribution >= 4 is 23.6 Å². The number of aryl methyl sites for hydroxylation is 1. The van der Waals surface area contributed by atoms with Crippen molar-refractivity contribution in [3.8, 4) is 0 Å². The number of rotatable bonds is 4. The fraction of sp³-hybridized carbons (Fsp3) is 0.333. The number of anilines is 2. The molecule has 0 unspecified atom stereocenters. The highest BCUT2D eigenvalue weighted by Gasteiger charge is 2.02. The molecule has 0 aliphatic heterocycles. The number of aromatic nitrogens is 1. The van der Waals surface area contributed by atoms with E-state index in [1.165, 1.54) is 0 Å². The third-order valence-electron chi connectivity index (χ3n) is 2.20. The van der Waals surface area contributed by atoms with Gasteiger partial charge in [-0.25, -0.2) is 4.98 Å². The Morgan fingerprint density at radius 2 is 2.24 bits per heavy atom. The smallest absolute Gasteiger partial charge is 0.309 e. The molecule has 0 saturated carbocycles. The van der Waals surface area contributed by atoms with Crippen molar-refractivity contribution in [2.75, 3.05) is 18.1 Å². The van der Waals surface area contributed by atoms with Gasteiger partial charge in [0.15, 0.2) is 0 Å². The summed E-state index contributed by atoms with van der Waals surface area (Å²) in [6, 6.07) is 1.74. The maximum atomic E-state index is 11.1. The van der Waals surface area contributed by atoms with E-state index in [0.717, 1.165) is 11.3 Å². The van der Waals surface area contributed by atoms with Crippen molar-refractivity contribution < 1.29 is 9.53 Å². The molecule has 0 atom stereocenters. The summed E-state index contributed by atoms with van der Waals surface area (Å²) < 4.78 is 4.80. The number of nitrogens with two attached hydrogens (primary N) is 2. The van der Waals surface area contributed by atoms with E-state index in [0.29, 0.717) is 18.1 Å². The van der Waals surface area contributed by atoms with Crippen molar-refractivity contribution in [1.29, 1.82) is 0 Å². The Kier molecular flexibility index (Phi) is 4.51. The molecule has 0 saturated heterocycles. The van der Waals surface area contributed by atoms with E-state index in [1.807, 2.05) is 6.92 Å². The Hall–Kier alpha value is -2.04. The summed E-state index contributed by atoms with van der Waals surface area (Å²) in [5.41, 5.74) is 13.3. The number of carbonyl (C=O) groups excluding carboxylic acids is 1. The molecule has 0 aromatic carbocycles. The van der Waals surface area contributed by atoms with E-state index in [-0.39, 0.29) is 12.4 Å². The lowest BCUT2D eigenvalue weighted by molar-refractivity contribution is -0.142. The van der Waals surface area contributed by atoms with E-state index in [4.69, 9.17) is 16.2 Å². The topological polar surface area (TPSA) is 91.2 Å². The number of hydrogen-bond acceptors (Lipinski definition) is 5. The van der Waals surface area contributed by atoms with Crippen molar-refractivity contribution in [3.05, 3.63) is 23.4 Å². The summed E-state index contributed by atoms with van der Waals surface area (Å²) >= 11 is 0. The van der Waals surface area contributed by atoms with Crippen LogP contribution in [0.15, 0.2) is 12.1 Å². The molecule has 0 bridgehead atoms. The summed E-state index contributed by atoms with van der Waals surface area (Å²) in [4.78, 5) is 15.2. The van der Waals surface area contributed by atoms with E-state index < -0.39 is 0 Å². The van der Waals surface area contributed by atoms with Crippen LogP contribution < -0.4 is 11.5 Å². The lowest BCUT2D eigenvalue weighted by atomic mass is 10.1. The molecule has 17 heavy (non-hydrogen) atoms. The van der Waals surface area contributed by atoms with Crippen LogP contribution in [0.4, 0.5) is 11.5 Å². The van der Waals surface area contributed by atoms with Gasteiger partial charge in [-0.15, -0.1) is 0 Å². The van der Waals surface area contributed by atoms with E-state index >= 15 is 0 Å². The molecule has 0 fully saturated rings. The lowest BCUT2D eigenvalue weighted by Crippen LogP contribution is -2.02. The number of esters is 1.